The molecule has 3 rings (SSSR count). The molecule has 0 atom stereocenters. The van der Waals surface area contributed by atoms with Gasteiger partial charge in [-0.15, -0.1) is 0 Å². The topological polar surface area (TPSA) is 71.3 Å². The molecule has 3 aromatic rings. The molecule has 5 nitrogen and oxygen atoms in total. The van der Waals surface area contributed by atoms with E-state index in [0.717, 1.165) is 11.1 Å². The summed E-state index contributed by atoms with van der Waals surface area (Å²) in [5, 5.41) is 9.84. The van der Waals surface area contributed by atoms with Gasteiger partial charge >= 0.3 is 0 Å². The number of benzene rings is 2. The summed E-state index contributed by atoms with van der Waals surface area (Å²) in [5.74, 6) is -0.647. The number of nitrogens with one attached hydrogen (secondary N) is 1. The number of pyridine rings is 1. The number of hydroxylamine groups is 1. The largest absolute Gasteiger partial charge is 0.288 e. The van der Waals surface area contributed by atoms with Crippen LogP contribution in [0.3, 0.4) is 0 Å². The zero-order chi connectivity index (χ0) is 14.8. The van der Waals surface area contributed by atoms with E-state index in [1.165, 1.54) is 10.6 Å². The number of carbonyl (C=O) groups excluding carboxylic acids is 1. The minimum absolute atomic E-state index is 0.216. The van der Waals surface area contributed by atoms with Crippen LogP contribution in [0.25, 0.3) is 16.5 Å². The van der Waals surface area contributed by atoms with Crippen molar-refractivity contribution in [1.29, 1.82) is 0 Å². The molecule has 2 aromatic carbocycles. The van der Waals surface area contributed by atoms with Crippen LogP contribution in [0.5, 0.6) is 0 Å². The van der Waals surface area contributed by atoms with Crippen molar-refractivity contribution in [2.24, 2.45) is 0 Å². The summed E-state index contributed by atoms with van der Waals surface area (Å²) in [6, 6.07) is 15.8. The van der Waals surface area contributed by atoms with Crippen molar-refractivity contribution in [2.75, 3.05) is 0 Å². The van der Waals surface area contributed by atoms with Crippen molar-refractivity contribution in [3.8, 4) is 5.69 Å². The van der Waals surface area contributed by atoms with Gasteiger partial charge in [0.1, 0.15) is 0 Å². The third kappa shape index (κ3) is 2.30. The van der Waals surface area contributed by atoms with Gasteiger partial charge in [0, 0.05) is 22.8 Å². The fourth-order valence-corrected chi connectivity index (χ4v) is 2.24. The molecule has 0 saturated carbocycles. The molecule has 0 fully saturated rings. The Kier molecular flexibility index (Phi) is 3.25. The molecular formula is C16H12N2O3. The molecular weight excluding hydrogens is 268 g/mol. The standard InChI is InChI=1S/C16H12N2O3/c19-15(17-21)12-7-6-11-8-9-18(16(20)14(11)10-12)13-4-2-1-3-5-13/h1-10,21H,(H,17,19). The average Bonchev–Trinajstić information content (AvgIpc) is 2.55. The van der Waals surface area contributed by atoms with Crippen LogP contribution < -0.4 is 11.0 Å². The number of hydrogen-bond acceptors (Lipinski definition) is 3. The number of amides is 1. The lowest BCUT2D eigenvalue weighted by Gasteiger charge is -2.08. The van der Waals surface area contributed by atoms with Crippen LogP contribution in [-0.2, 0) is 0 Å². The first-order valence-electron chi connectivity index (χ1n) is 6.36. The number of hydrogen-bond donors (Lipinski definition) is 2. The first kappa shape index (κ1) is 13.1. The van der Waals surface area contributed by atoms with E-state index < -0.39 is 5.91 Å². The van der Waals surface area contributed by atoms with Gasteiger partial charge in [0.15, 0.2) is 0 Å². The van der Waals surface area contributed by atoms with Gasteiger partial charge in [-0.05, 0) is 35.7 Å². The molecule has 2 N–H and O–H groups in total. The van der Waals surface area contributed by atoms with Crippen LogP contribution in [-0.4, -0.2) is 15.7 Å². The minimum atomic E-state index is -0.647. The molecule has 0 radical (unpaired) electrons. The third-order valence-electron chi connectivity index (χ3n) is 3.30. The molecule has 0 spiro atoms. The highest BCUT2D eigenvalue weighted by molar-refractivity contribution is 5.97. The zero-order valence-electron chi connectivity index (χ0n) is 11.0. The summed E-state index contributed by atoms with van der Waals surface area (Å²) in [6.45, 7) is 0. The van der Waals surface area contributed by atoms with Crippen LogP contribution in [0, 0.1) is 0 Å². The predicted octanol–water partition coefficient (Wildman–Crippen LogP) is 2.11. The zero-order valence-corrected chi connectivity index (χ0v) is 11.0. The van der Waals surface area contributed by atoms with E-state index in [1.54, 1.807) is 23.8 Å². The van der Waals surface area contributed by atoms with Crippen LogP contribution in [0.2, 0.25) is 0 Å². The maximum atomic E-state index is 12.6. The maximum Gasteiger partial charge on any atom is 0.274 e. The Morgan fingerprint density at radius 1 is 1.05 bits per heavy atom. The van der Waals surface area contributed by atoms with Crippen molar-refractivity contribution in [3.05, 3.63) is 76.7 Å². The second kappa shape index (κ2) is 5.22. The Morgan fingerprint density at radius 2 is 1.81 bits per heavy atom. The van der Waals surface area contributed by atoms with Gasteiger partial charge in [-0.1, -0.05) is 24.3 Å². The summed E-state index contributed by atoms with van der Waals surface area (Å²) in [4.78, 5) is 24.0. The lowest BCUT2D eigenvalue weighted by molar-refractivity contribution is 0.0706. The molecule has 0 aliphatic carbocycles. The van der Waals surface area contributed by atoms with Crippen LogP contribution in [0.15, 0.2) is 65.6 Å². The smallest absolute Gasteiger partial charge is 0.274 e. The number of aromatic nitrogens is 1. The van der Waals surface area contributed by atoms with Crippen molar-refractivity contribution in [2.45, 2.75) is 0 Å². The van der Waals surface area contributed by atoms with Crippen molar-refractivity contribution in [1.82, 2.24) is 10.0 Å². The van der Waals surface area contributed by atoms with Gasteiger partial charge < -0.3 is 0 Å². The van der Waals surface area contributed by atoms with E-state index in [4.69, 9.17) is 5.21 Å². The number of rotatable bonds is 2. The van der Waals surface area contributed by atoms with Crippen molar-refractivity contribution in [3.63, 3.8) is 0 Å². The molecule has 104 valence electrons. The SMILES string of the molecule is O=C(NO)c1ccc2ccn(-c3ccccc3)c(=O)c2c1. The Morgan fingerprint density at radius 3 is 2.52 bits per heavy atom. The normalized spacial score (nSPS) is 10.5. The molecule has 21 heavy (non-hydrogen) atoms. The first-order chi connectivity index (χ1) is 10.2. The van der Waals surface area contributed by atoms with Crippen LogP contribution in [0.4, 0.5) is 0 Å². The highest BCUT2D eigenvalue weighted by Gasteiger charge is 2.09. The maximum absolute atomic E-state index is 12.6. The highest BCUT2D eigenvalue weighted by atomic mass is 16.5. The van der Waals surface area contributed by atoms with Crippen molar-refractivity contribution < 1.29 is 10.0 Å². The third-order valence-corrected chi connectivity index (χ3v) is 3.30. The molecule has 0 unspecified atom stereocenters. The van der Waals surface area contributed by atoms with Gasteiger partial charge in [0.05, 0.1) is 0 Å². The van der Waals surface area contributed by atoms with Gasteiger partial charge in [0.25, 0.3) is 11.5 Å². The van der Waals surface area contributed by atoms with E-state index in [-0.39, 0.29) is 11.1 Å². The second-order valence-electron chi connectivity index (χ2n) is 4.57. The number of nitrogens with zero attached hydrogens (tertiary/aromatic N) is 1. The van der Waals surface area contributed by atoms with E-state index >= 15 is 0 Å². The van der Waals surface area contributed by atoms with Gasteiger partial charge in [-0.25, -0.2) is 5.48 Å². The summed E-state index contributed by atoms with van der Waals surface area (Å²) in [5.41, 5.74) is 2.33. The second-order valence-corrected chi connectivity index (χ2v) is 4.57. The summed E-state index contributed by atoms with van der Waals surface area (Å²) in [7, 11) is 0. The predicted molar refractivity (Wildman–Crippen MR) is 78.8 cm³/mol. The molecule has 0 bridgehead atoms. The lowest BCUT2D eigenvalue weighted by Crippen LogP contribution is -2.20. The lowest BCUT2D eigenvalue weighted by atomic mass is 10.1. The molecule has 1 amide bonds. The Labute approximate surface area is 120 Å². The van der Waals surface area contributed by atoms with Gasteiger partial charge in [-0.3, -0.25) is 19.4 Å². The fourth-order valence-electron chi connectivity index (χ4n) is 2.24. The van der Waals surface area contributed by atoms with E-state index in [0.29, 0.717) is 5.39 Å². The van der Waals surface area contributed by atoms with Crippen molar-refractivity contribution >= 4 is 16.7 Å². The highest BCUT2D eigenvalue weighted by Crippen LogP contribution is 2.14. The quantitative estimate of drug-likeness (QED) is 0.558. The Hall–Kier alpha value is -2.92. The van der Waals surface area contributed by atoms with Crippen LogP contribution in [0.1, 0.15) is 10.4 Å². The fraction of sp³-hybridized carbons (Fsp3) is 0. The first-order valence-corrected chi connectivity index (χ1v) is 6.36. The summed E-state index contributed by atoms with van der Waals surface area (Å²) >= 11 is 0. The average molecular weight is 280 g/mol. The minimum Gasteiger partial charge on any atom is -0.288 e. The van der Waals surface area contributed by atoms with E-state index in [2.05, 4.69) is 0 Å². The Bertz CT molecular complexity index is 870. The number of carbonyl (C=O) groups is 1. The van der Waals surface area contributed by atoms with Gasteiger partial charge in [0.2, 0.25) is 0 Å². The molecule has 0 aliphatic heterocycles. The monoisotopic (exact) mass is 280 g/mol. The number of fused-ring (bicyclic) bond motifs is 1. The molecule has 1 aromatic heterocycles. The summed E-state index contributed by atoms with van der Waals surface area (Å²) in [6.07, 6.45) is 1.70. The number of para-hydroxylation sites is 1. The van der Waals surface area contributed by atoms with E-state index in [9.17, 15) is 9.59 Å². The molecule has 0 aliphatic rings. The van der Waals surface area contributed by atoms with Crippen LogP contribution >= 0.6 is 0 Å². The van der Waals surface area contributed by atoms with E-state index in [1.807, 2.05) is 36.4 Å². The molecule has 0 saturated heterocycles. The Balaban J connectivity index is 2.24. The molecule has 5 heteroatoms. The van der Waals surface area contributed by atoms with Gasteiger partial charge in [-0.2, -0.15) is 0 Å². The summed E-state index contributed by atoms with van der Waals surface area (Å²) < 4.78 is 1.52. The molecule has 1 heterocycles.